The highest BCUT2D eigenvalue weighted by Crippen LogP contribution is 2.37. The van der Waals surface area contributed by atoms with Gasteiger partial charge in [0.25, 0.3) is 6.43 Å². The van der Waals surface area contributed by atoms with E-state index in [4.69, 9.17) is 0 Å². The molecule has 0 aromatic carbocycles. The van der Waals surface area contributed by atoms with Crippen LogP contribution in [-0.2, 0) is 22.1 Å². The second-order valence-electron chi connectivity index (χ2n) is 3.94. The number of carbonyl (C=O) groups excluding carboxylic acids is 1. The summed E-state index contributed by atoms with van der Waals surface area (Å²) in [5.41, 5.74) is -3.34. The molecule has 8 heteroatoms. The molecule has 0 atom stereocenters. The largest absolute Gasteiger partial charge is 0.466 e. The number of carbonyl (C=O) groups is 1. The molecule has 0 amide bonds. The predicted molar refractivity (Wildman–Crippen MR) is 59.3 cm³/mol. The van der Waals surface area contributed by atoms with Gasteiger partial charge in [-0.2, -0.15) is 13.2 Å². The molecular formula is C12H12F5NO2. The minimum atomic E-state index is -4.87. The topological polar surface area (TPSA) is 39.2 Å². The Kier molecular flexibility index (Phi) is 5.02. The molecule has 20 heavy (non-hydrogen) atoms. The van der Waals surface area contributed by atoms with Crippen LogP contribution in [-0.4, -0.2) is 17.6 Å². The highest BCUT2D eigenvalue weighted by molar-refractivity contribution is 5.72. The Bertz CT molecular complexity index is 499. The molecule has 1 aromatic rings. The molecule has 1 aromatic heterocycles. The van der Waals surface area contributed by atoms with E-state index in [1.807, 2.05) is 0 Å². The van der Waals surface area contributed by atoms with Crippen LogP contribution in [0.1, 0.15) is 35.7 Å². The SMILES string of the molecule is CCOC(=O)Cc1ncc(C(F)F)c(C)c1C(F)(F)F. The van der Waals surface area contributed by atoms with Crippen LogP contribution in [0, 0.1) is 6.92 Å². The first-order valence-corrected chi connectivity index (χ1v) is 5.67. The second kappa shape index (κ2) is 6.15. The van der Waals surface area contributed by atoms with E-state index < -0.39 is 47.4 Å². The Morgan fingerprint density at radius 2 is 2.00 bits per heavy atom. The first kappa shape index (κ1) is 16.3. The van der Waals surface area contributed by atoms with Crippen molar-refractivity contribution in [1.29, 1.82) is 0 Å². The third-order valence-corrected chi connectivity index (χ3v) is 2.59. The summed E-state index contributed by atoms with van der Waals surface area (Å²) in [6, 6.07) is 0. The van der Waals surface area contributed by atoms with Crippen LogP contribution in [0.15, 0.2) is 6.20 Å². The van der Waals surface area contributed by atoms with Crippen LogP contribution in [0.4, 0.5) is 22.0 Å². The zero-order valence-electron chi connectivity index (χ0n) is 10.7. The molecule has 3 nitrogen and oxygen atoms in total. The molecule has 0 saturated heterocycles. The van der Waals surface area contributed by atoms with E-state index >= 15 is 0 Å². The number of halogens is 5. The van der Waals surface area contributed by atoms with E-state index in [1.54, 1.807) is 0 Å². The van der Waals surface area contributed by atoms with Gasteiger partial charge in [0.1, 0.15) is 0 Å². The lowest BCUT2D eigenvalue weighted by molar-refractivity contribution is -0.143. The molecular weight excluding hydrogens is 285 g/mol. The minimum absolute atomic E-state index is 0.00822. The van der Waals surface area contributed by atoms with Crippen LogP contribution in [0.5, 0.6) is 0 Å². The fourth-order valence-electron chi connectivity index (χ4n) is 1.75. The van der Waals surface area contributed by atoms with Crippen molar-refractivity contribution in [2.24, 2.45) is 0 Å². The van der Waals surface area contributed by atoms with Crippen molar-refractivity contribution in [1.82, 2.24) is 4.98 Å². The Balaban J connectivity index is 3.31. The second-order valence-corrected chi connectivity index (χ2v) is 3.94. The van der Waals surface area contributed by atoms with Crippen LogP contribution in [0.3, 0.4) is 0 Å². The van der Waals surface area contributed by atoms with Gasteiger partial charge < -0.3 is 4.74 Å². The molecule has 0 fully saturated rings. The number of pyridine rings is 1. The van der Waals surface area contributed by atoms with E-state index in [0.29, 0.717) is 6.20 Å². The maximum absolute atomic E-state index is 13.0. The molecule has 1 rings (SSSR count). The van der Waals surface area contributed by atoms with Crippen molar-refractivity contribution in [3.8, 4) is 0 Å². The van der Waals surface area contributed by atoms with Gasteiger partial charge in [-0.1, -0.05) is 0 Å². The van der Waals surface area contributed by atoms with Gasteiger partial charge in [0.15, 0.2) is 0 Å². The maximum Gasteiger partial charge on any atom is 0.418 e. The highest BCUT2D eigenvalue weighted by Gasteiger charge is 2.38. The molecule has 0 radical (unpaired) electrons. The summed E-state index contributed by atoms with van der Waals surface area (Å²) in [6.07, 6.45) is -8.00. The number of alkyl halides is 5. The summed E-state index contributed by atoms with van der Waals surface area (Å²) in [5.74, 6) is -0.894. The van der Waals surface area contributed by atoms with Gasteiger partial charge in [-0.05, 0) is 19.4 Å². The zero-order valence-corrected chi connectivity index (χ0v) is 10.7. The number of nitrogens with zero attached hydrogens (tertiary/aromatic N) is 1. The van der Waals surface area contributed by atoms with E-state index in [2.05, 4.69) is 9.72 Å². The number of aromatic nitrogens is 1. The average molecular weight is 297 g/mol. The van der Waals surface area contributed by atoms with Crippen molar-refractivity contribution >= 4 is 5.97 Å². The zero-order chi connectivity index (χ0) is 15.5. The Morgan fingerprint density at radius 1 is 1.40 bits per heavy atom. The van der Waals surface area contributed by atoms with Crippen molar-refractivity contribution in [2.75, 3.05) is 6.61 Å². The molecule has 0 unspecified atom stereocenters. The molecule has 112 valence electrons. The van der Waals surface area contributed by atoms with Crippen molar-refractivity contribution in [3.63, 3.8) is 0 Å². The molecule has 0 N–H and O–H groups in total. The summed E-state index contributed by atoms with van der Waals surface area (Å²) >= 11 is 0. The lowest BCUT2D eigenvalue weighted by Crippen LogP contribution is -2.18. The predicted octanol–water partition coefficient (Wildman–Crippen LogP) is 3.45. The molecule has 0 bridgehead atoms. The fraction of sp³-hybridized carbons (Fsp3) is 0.500. The Hall–Kier alpha value is -1.73. The number of hydrogen-bond donors (Lipinski definition) is 0. The molecule has 0 aliphatic heterocycles. The number of esters is 1. The first-order chi connectivity index (χ1) is 9.18. The van der Waals surface area contributed by atoms with E-state index in [-0.39, 0.29) is 6.61 Å². The van der Waals surface area contributed by atoms with Crippen LogP contribution >= 0.6 is 0 Å². The van der Waals surface area contributed by atoms with Crippen LogP contribution in [0.2, 0.25) is 0 Å². The summed E-state index contributed by atoms with van der Waals surface area (Å²) < 4.78 is 68.6. The third-order valence-electron chi connectivity index (χ3n) is 2.59. The summed E-state index contributed by atoms with van der Waals surface area (Å²) in [6.45, 7) is 2.44. The van der Waals surface area contributed by atoms with Crippen molar-refractivity contribution in [3.05, 3.63) is 28.6 Å². The average Bonchev–Trinajstić information content (AvgIpc) is 2.26. The van der Waals surface area contributed by atoms with Gasteiger partial charge >= 0.3 is 12.1 Å². The Morgan fingerprint density at radius 3 is 2.45 bits per heavy atom. The van der Waals surface area contributed by atoms with Gasteiger partial charge in [-0.25, -0.2) is 8.78 Å². The van der Waals surface area contributed by atoms with Gasteiger partial charge in [0, 0.05) is 11.8 Å². The van der Waals surface area contributed by atoms with Crippen LogP contribution < -0.4 is 0 Å². The summed E-state index contributed by atoms with van der Waals surface area (Å²) in [5, 5.41) is 0. The third kappa shape index (κ3) is 3.64. The van der Waals surface area contributed by atoms with E-state index in [0.717, 1.165) is 6.92 Å². The first-order valence-electron chi connectivity index (χ1n) is 5.67. The number of rotatable bonds is 4. The van der Waals surface area contributed by atoms with Gasteiger partial charge in [-0.3, -0.25) is 9.78 Å². The summed E-state index contributed by atoms with van der Waals surface area (Å²) in [7, 11) is 0. The maximum atomic E-state index is 13.0. The number of ether oxygens (including phenoxy) is 1. The van der Waals surface area contributed by atoms with E-state index in [1.165, 1.54) is 6.92 Å². The monoisotopic (exact) mass is 297 g/mol. The minimum Gasteiger partial charge on any atom is -0.466 e. The van der Waals surface area contributed by atoms with E-state index in [9.17, 15) is 26.7 Å². The number of hydrogen-bond acceptors (Lipinski definition) is 3. The van der Waals surface area contributed by atoms with Crippen LogP contribution in [0.25, 0.3) is 0 Å². The molecule has 1 heterocycles. The lowest BCUT2D eigenvalue weighted by atomic mass is 10.0. The van der Waals surface area contributed by atoms with Crippen molar-refractivity contribution in [2.45, 2.75) is 32.9 Å². The highest BCUT2D eigenvalue weighted by atomic mass is 19.4. The molecule has 0 saturated carbocycles. The molecule has 0 spiro atoms. The fourth-order valence-corrected chi connectivity index (χ4v) is 1.75. The molecule has 0 aliphatic rings. The smallest absolute Gasteiger partial charge is 0.418 e. The molecule has 0 aliphatic carbocycles. The normalized spacial score (nSPS) is 11.8. The summed E-state index contributed by atoms with van der Waals surface area (Å²) in [4.78, 5) is 14.6. The van der Waals surface area contributed by atoms with Gasteiger partial charge in [-0.15, -0.1) is 0 Å². The Labute approximate surface area is 111 Å². The van der Waals surface area contributed by atoms with Gasteiger partial charge in [0.2, 0.25) is 0 Å². The van der Waals surface area contributed by atoms with Crippen molar-refractivity contribution < 1.29 is 31.5 Å². The van der Waals surface area contributed by atoms with Gasteiger partial charge in [0.05, 0.1) is 24.3 Å². The lowest BCUT2D eigenvalue weighted by Gasteiger charge is -2.17. The standard InChI is InChI=1S/C12H12F5NO2/c1-3-20-9(19)4-8-10(12(15,16)17)6(2)7(5-18-8)11(13)14/h5,11H,3-4H2,1-2H3. The quantitative estimate of drug-likeness (QED) is 0.631.